The van der Waals surface area contributed by atoms with E-state index in [1.54, 1.807) is 36.4 Å². The minimum atomic E-state index is -0.678. The van der Waals surface area contributed by atoms with Gasteiger partial charge in [-0.15, -0.1) is 22.6 Å². The summed E-state index contributed by atoms with van der Waals surface area (Å²) in [5.41, 5.74) is 2.01. The van der Waals surface area contributed by atoms with E-state index >= 15 is 0 Å². The van der Waals surface area contributed by atoms with Crippen molar-refractivity contribution in [3.63, 3.8) is 0 Å². The lowest BCUT2D eigenvalue weighted by Crippen LogP contribution is -2.48. The summed E-state index contributed by atoms with van der Waals surface area (Å²) in [6.45, 7) is 4.77. The highest BCUT2D eigenvalue weighted by molar-refractivity contribution is 6.30. The second kappa shape index (κ2) is 11.1. The Balaban J connectivity index is 0.00000364. The molecule has 2 aromatic rings. The summed E-state index contributed by atoms with van der Waals surface area (Å²) in [4.78, 5) is 0. The van der Waals surface area contributed by atoms with E-state index < -0.39 is 6.10 Å². The van der Waals surface area contributed by atoms with Gasteiger partial charge in [-0.3, -0.25) is 0 Å². The third-order valence-electron chi connectivity index (χ3n) is 3.42. The molecule has 1 aromatic carbocycles. The first-order valence-corrected chi connectivity index (χ1v) is 8.50. The lowest BCUT2D eigenvalue weighted by Gasteiger charge is -2.27. The van der Waals surface area contributed by atoms with E-state index in [0.29, 0.717) is 35.6 Å². The van der Waals surface area contributed by atoms with E-state index in [2.05, 4.69) is 20.9 Å². The number of benzene rings is 1. The number of aliphatic hydroxyl groups is 1. The third-order valence-corrected chi connectivity index (χ3v) is 3.66. The molecule has 10 heteroatoms. The smallest absolute Gasteiger partial charge is 0.233 e. The molecule has 1 atom stereocenters. The number of anilines is 1. The molecule has 0 saturated carbocycles. The van der Waals surface area contributed by atoms with Crippen molar-refractivity contribution >= 4 is 29.8 Å². The normalized spacial score (nSPS) is 12.0. The van der Waals surface area contributed by atoms with Gasteiger partial charge in [-0.25, -0.2) is 5.84 Å². The number of aromatic nitrogens is 2. The SMILES string of the molecule is CC(C)(COc1ccc(NN)nn1)NCC(O)COc1cccc(Cl)c1.Cl. The van der Waals surface area contributed by atoms with Gasteiger partial charge in [-0.05, 0) is 38.1 Å². The number of aliphatic hydroxyl groups excluding tert-OH is 1. The van der Waals surface area contributed by atoms with Crippen LogP contribution in [0.25, 0.3) is 0 Å². The molecule has 0 fully saturated rings. The van der Waals surface area contributed by atoms with Crippen molar-refractivity contribution in [1.82, 2.24) is 15.5 Å². The predicted octanol–water partition coefficient (Wildman–Crippen LogP) is 2.02. The number of rotatable bonds is 10. The van der Waals surface area contributed by atoms with Crippen LogP contribution in [-0.2, 0) is 0 Å². The molecule has 2 rings (SSSR count). The monoisotopic (exact) mass is 417 g/mol. The van der Waals surface area contributed by atoms with Crippen LogP contribution < -0.4 is 26.1 Å². The molecule has 0 bridgehead atoms. The van der Waals surface area contributed by atoms with Crippen molar-refractivity contribution < 1.29 is 14.6 Å². The van der Waals surface area contributed by atoms with Gasteiger partial charge in [0.25, 0.3) is 0 Å². The second-order valence-electron chi connectivity index (χ2n) is 6.38. The zero-order chi connectivity index (χ0) is 19.0. The minimum absolute atomic E-state index is 0. The maximum Gasteiger partial charge on any atom is 0.233 e. The Labute approximate surface area is 169 Å². The molecular weight excluding hydrogens is 393 g/mol. The first-order valence-electron chi connectivity index (χ1n) is 8.12. The van der Waals surface area contributed by atoms with Gasteiger partial charge in [0.05, 0.1) is 0 Å². The van der Waals surface area contributed by atoms with E-state index in [0.717, 1.165) is 0 Å². The molecule has 0 amide bonds. The van der Waals surface area contributed by atoms with Crippen molar-refractivity contribution in [2.24, 2.45) is 5.84 Å². The summed E-state index contributed by atoms with van der Waals surface area (Å²) in [5, 5.41) is 21.6. The predicted molar refractivity (Wildman–Crippen MR) is 108 cm³/mol. The van der Waals surface area contributed by atoms with Crippen molar-refractivity contribution in [2.75, 3.05) is 25.2 Å². The van der Waals surface area contributed by atoms with Gasteiger partial charge in [0.1, 0.15) is 25.1 Å². The van der Waals surface area contributed by atoms with Crippen LogP contribution in [0.1, 0.15) is 13.8 Å². The summed E-state index contributed by atoms with van der Waals surface area (Å²) >= 11 is 5.90. The fourth-order valence-electron chi connectivity index (χ4n) is 1.98. The fourth-order valence-corrected chi connectivity index (χ4v) is 2.16. The Morgan fingerprint density at radius 2 is 2.00 bits per heavy atom. The van der Waals surface area contributed by atoms with Crippen LogP contribution in [0, 0.1) is 0 Å². The molecule has 1 heterocycles. The third kappa shape index (κ3) is 8.59. The summed E-state index contributed by atoms with van der Waals surface area (Å²) < 4.78 is 11.1. The number of nitrogens with two attached hydrogens (primary N) is 1. The number of hydrogen-bond donors (Lipinski definition) is 4. The standard InChI is InChI=1S/C17H24ClN5O3.ClH/c1-17(2,11-26-16-7-6-15(21-19)22-23-16)20-9-13(24)10-25-14-5-3-4-12(18)8-14;/h3-8,13,20,24H,9-11,19H2,1-2H3,(H,21,22);1H. The Morgan fingerprint density at radius 1 is 1.22 bits per heavy atom. The molecule has 5 N–H and O–H groups in total. The highest BCUT2D eigenvalue weighted by Gasteiger charge is 2.20. The molecule has 0 spiro atoms. The summed E-state index contributed by atoms with van der Waals surface area (Å²) in [6, 6.07) is 10.4. The van der Waals surface area contributed by atoms with E-state index in [1.807, 2.05) is 13.8 Å². The number of hydrogen-bond acceptors (Lipinski definition) is 8. The van der Waals surface area contributed by atoms with Crippen LogP contribution in [0.4, 0.5) is 5.82 Å². The van der Waals surface area contributed by atoms with Crippen LogP contribution in [0.5, 0.6) is 11.6 Å². The van der Waals surface area contributed by atoms with Gasteiger partial charge in [-0.1, -0.05) is 17.7 Å². The molecule has 27 heavy (non-hydrogen) atoms. The first kappa shape index (κ1) is 23.2. The van der Waals surface area contributed by atoms with Crippen molar-refractivity contribution in [3.05, 3.63) is 41.4 Å². The van der Waals surface area contributed by atoms with Crippen LogP contribution in [-0.4, -0.2) is 46.7 Å². The quantitative estimate of drug-likeness (QED) is 0.342. The number of nitrogens with one attached hydrogen (secondary N) is 2. The van der Waals surface area contributed by atoms with Crippen molar-refractivity contribution in [2.45, 2.75) is 25.5 Å². The molecule has 0 radical (unpaired) electrons. The first-order chi connectivity index (χ1) is 12.4. The molecule has 1 unspecified atom stereocenters. The number of β-amino-alcohol motifs (C(OH)–C–C–N with tert-alkyl or cyclic N) is 1. The van der Waals surface area contributed by atoms with Crippen LogP contribution in [0.2, 0.25) is 5.02 Å². The largest absolute Gasteiger partial charge is 0.491 e. The van der Waals surface area contributed by atoms with Crippen LogP contribution in [0.3, 0.4) is 0 Å². The zero-order valence-electron chi connectivity index (χ0n) is 15.2. The summed E-state index contributed by atoms with van der Waals surface area (Å²) in [6.07, 6.45) is -0.678. The molecule has 150 valence electrons. The molecule has 0 aliphatic heterocycles. The van der Waals surface area contributed by atoms with E-state index in [1.165, 1.54) is 0 Å². The number of halogens is 2. The minimum Gasteiger partial charge on any atom is -0.491 e. The maximum atomic E-state index is 10.1. The molecular formula is C17H25Cl2N5O3. The topological polar surface area (TPSA) is 115 Å². The lowest BCUT2D eigenvalue weighted by molar-refractivity contribution is 0.0923. The van der Waals surface area contributed by atoms with Crippen molar-refractivity contribution in [1.29, 1.82) is 0 Å². The lowest BCUT2D eigenvalue weighted by atomic mass is 10.1. The number of nitrogens with zero attached hydrogens (tertiary/aromatic N) is 2. The van der Waals surface area contributed by atoms with Gasteiger partial charge >= 0.3 is 0 Å². The second-order valence-corrected chi connectivity index (χ2v) is 6.81. The molecule has 0 aliphatic rings. The Hall–Kier alpha value is -1.84. The van der Waals surface area contributed by atoms with E-state index in [-0.39, 0.29) is 24.6 Å². The number of nitrogen functional groups attached to an aromatic ring is 1. The highest BCUT2D eigenvalue weighted by Crippen LogP contribution is 2.17. The summed E-state index contributed by atoms with van der Waals surface area (Å²) in [7, 11) is 0. The van der Waals surface area contributed by atoms with Crippen LogP contribution >= 0.6 is 24.0 Å². The van der Waals surface area contributed by atoms with Crippen molar-refractivity contribution in [3.8, 4) is 11.6 Å². The Morgan fingerprint density at radius 3 is 2.63 bits per heavy atom. The van der Waals surface area contributed by atoms with Gasteiger partial charge in [0, 0.05) is 23.2 Å². The van der Waals surface area contributed by atoms with E-state index in [9.17, 15) is 5.11 Å². The number of ether oxygens (including phenoxy) is 2. The van der Waals surface area contributed by atoms with E-state index in [4.69, 9.17) is 26.9 Å². The highest BCUT2D eigenvalue weighted by atomic mass is 35.5. The Kier molecular flexibility index (Phi) is 9.54. The maximum absolute atomic E-state index is 10.1. The average molecular weight is 418 g/mol. The molecule has 8 nitrogen and oxygen atoms in total. The van der Waals surface area contributed by atoms with Gasteiger partial charge in [0.15, 0.2) is 5.82 Å². The molecule has 0 saturated heterocycles. The molecule has 1 aromatic heterocycles. The number of hydrazine groups is 1. The van der Waals surface area contributed by atoms with Gasteiger partial charge < -0.3 is 25.3 Å². The van der Waals surface area contributed by atoms with Crippen LogP contribution in [0.15, 0.2) is 36.4 Å². The average Bonchev–Trinajstić information content (AvgIpc) is 2.64. The zero-order valence-corrected chi connectivity index (χ0v) is 16.8. The molecule has 0 aliphatic carbocycles. The fraction of sp³-hybridized carbons (Fsp3) is 0.412. The Bertz CT molecular complexity index is 689. The van der Waals surface area contributed by atoms with Gasteiger partial charge in [0.2, 0.25) is 5.88 Å². The summed E-state index contributed by atoms with van der Waals surface area (Å²) in [5.74, 6) is 6.70. The van der Waals surface area contributed by atoms with Gasteiger partial charge in [-0.2, -0.15) is 0 Å².